The summed E-state index contributed by atoms with van der Waals surface area (Å²) in [5, 5.41) is 8.89. The molecule has 0 bridgehead atoms. The van der Waals surface area contributed by atoms with E-state index in [1.54, 1.807) is 0 Å². The van der Waals surface area contributed by atoms with Crippen LogP contribution in [0.5, 0.6) is 0 Å². The first-order chi connectivity index (χ1) is 9.18. The Bertz CT molecular complexity index is 431. The molecule has 0 atom stereocenters. The van der Waals surface area contributed by atoms with Crippen LogP contribution in [0, 0.1) is 0 Å². The molecule has 2 nitrogen and oxygen atoms in total. The van der Waals surface area contributed by atoms with Gasteiger partial charge in [0.2, 0.25) is 0 Å². The molecule has 0 saturated carbocycles. The number of hydrogen-bond acceptors (Lipinski definition) is 3. The number of rotatable bonds is 4. The van der Waals surface area contributed by atoms with E-state index in [0.29, 0.717) is 0 Å². The van der Waals surface area contributed by atoms with Crippen LogP contribution < -0.4 is 34.7 Å². The second kappa shape index (κ2) is 12.0. The fraction of sp³-hybridized carbons (Fsp3) is 0.188. The van der Waals surface area contributed by atoms with Gasteiger partial charge in [0.05, 0.1) is 0 Å². The van der Waals surface area contributed by atoms with Gasteiger partial charge in [0.25, 0.3) is 0 Å². The molecular formula is C16H17NaO2S. The maximum atomic E-state index is 8.89. The first-order valence-electron chi connectivity index (χ1n) is 6.01. The van der Waals surface area contributed by atoms with E-state index in [9.17, 15) is 0 Å². The van der Waals surface area contributed by atoms with Crippen LogP contribution in [0.2, 0.25) is 0 Å². The molecule has 2 aromatic carbocycles. The molecule has 0 fully saturated rings. The van der Waals surface area contributed by atoms with Crippen LogP contribution >= 0.6 is 11.8 Å². The number of hydrogen-bond donors (Lipinski definition) is 0. The number of carboxylic acid groups (broad SMARTS) is 1. The Hall–Kier alpha value is -0.740. The Morgan fingerprint density at radius 2 is 1.20 bits per heavy atom. The normalized spacial score (nSPS) is 8.85. The van der Waals surface area contributed by atoms with Gasteiger partial charge in [-0.3, -0.25) is 0 Å². The molecule has 2 aromatic rings. The Morgan fingerprint density at radius 1 is 0.900 bits per heavy atom. The molecule has 0 unspecified atom stereocenters. The van der Waals surface area contributed by atoms with E-state index in [1.165, 1.54) is 11.1 Å². The molecule has 0 N–H and O–H groups in total. The second-order valence-corrected chi connectivity index (χ2v) is 4.94. The van der Waals surface area contributed by atoms with Gasteiger partial charge in [-0.2, -0.15) is 11.8 Å². The fourth-order valence-electron chi connectivity index (χ4n) is 1.44. The number of carbonyl (C=O) groups is 1. The summed E-state index contributed by atoms with van der Waals surface area (Å²) in [7, 11) is 0. The molecule has 0 aromatic heterocycles. The largest absolute Gasteiger partial charge is 1.00 e. The topological polar surface area (TPSA) is 40.1 Å². The average Bonchev–Trinajstić information content (AvgIpc) is 2.41. The molecule has 0 saturated heterocycles. The third kappa shape index (κ3) is 10.1. The van der Waals surface area contributed by atoms with Gasteiger partial charge in [0.15, 0.2) is 0 Å². The van der Waals surface area contributed by atoms with Crippen molar-refractivity contribution in [2.24, 2.45) is 0 Å². The minimum atomic E-state index is -1.08. The van der Waals surface area contributed by atoms with Gasteiger partial charge in [-0.05, 0) is 18.1 Å². The molecule has 2 rings (SSSR count). The van der Waals surface area contributed by atoms with Crippen molar-refractivity contribution in [1.29, 1.82) is 0 Å². The molecule has 0 spiro atoms. The monoisotopic (exact) mass is 296 g/mol. The number of aliphatic carboxylic acids is 1. The van der Waals surface area contributed by atoms with Crippen molar-refractivity contribution < 1.29 is 39.5 Å². The quantitative estimate of drug-likeness (QED) is 0.739. The zero-order valence-electron chi connectivity index (χ0n) is 11.9. The van der Waals surface area contributed by atoms with E-state index >= 15 is 0 Å². The molecule has 0 aliphatic carbocycles. The van der Waals surface area contributed by atoms with E-state index in [1.807, 2.05) is 11.8 Å². The zero-order valence-corrected chi connectivity index (χ0v) is 14.7. The van der Waals surface area contributed by atoms with Crippen LogP contribution in [0.15, 0.2) is 60.7 Å². The van der Waals surface area contributed by atoms with Crippen LogP contribution in [-0.2, 0) is 16.3 Å². The summed E-state index contributed by atoms with van der Waals surface area (Å²) in [6.07, 6.45) is 0. The molecular weight excluding hydrogens is 279 g/mol. The molecule has 0 aliphatic rings. The summed E-state index contributed by atoms with van der Waals surface area (Å²) in [5.74, 6) is 1.10. The first kappa shape index (κ1) is 19.3. The smallest absolute Gasteiger partial charge is 0.550 e. The van der Waals surface area contributed by atoms with Crippen LogP contribution in [0.1, 0.15) is 18.1 Å². The molecule has 0 heterocycles. The van der Waals surface area contributed by atoms with Crippen molar-refractivity contribution in [3.05, 3.63) is 71.8 Å². The molecule has 0 radical (unpaired) electrons. The summed E-state index contributed by atoms with van der Waals surface area (Å²) < 4.78 is 0. The van der Waals surface area contributed by atoms with Gasteiger partial charge >= 0.3 is 29.6 Å². The van der Waals surface area contributed by atoms with Crippen LogP contribution in [-0.4, -0.2) is 5.97 Å². The van der Waals surface area contributed by atoms with E-state index in [-0.39, 0.29) is 29.6 Å². The van der Waals surface area contributed by atoms with Crippen LogP contribution in [0.25, 0.3) is 0 Å². The Kier molecular flexibility index (Phi) is 11.6. The third-order valence-corrected chi connectivity index (χ3v) is 3.30. The summed E-state index contributed by atoms with van der Waals surface area (Å²) >= 11 is 1.96. The molecule has 20 heavy (non-hydrogen) atoms. The van der Waals surface area contributed by atoms with E-state index in [4.69, 9.17) is 9.90 Å². The number of thioether (sulfide) groups is 1. The van der Waals surface area contributed by atoms with E-state index in [0.717, 1.165) is 18.4 Å². The van der Waals surface area contributed by atoms with Crippen molar-refractivity contribution in [1.82, 2.24) is 0 Å². The van der Waals surface area contributed by atoms with Crippen LogP contribution in [0.4, 0.5) is 0 Å². The summed E-state index contributed by atoms with van der Waals surface area (Å²) in [6, 6.07) is 21.2. The van der Waals surface area contributed by atoms with Crippen molar-refractivity contribution in [2.45, 2.75) is 18.4 Å². The zero-order chi connectivity index (χ0) is 13.9. The number of carboxylic acids is 1. The minimum Gasteiger partial charge on any atom is -0.550 e. The maximum Gasteiger partial charge on any atom is 1.00 e. The van der Waals surface area contributed by atoms with Gasteiger partial charge in [-0.1, -0.05) is 60.7 Å². The second-order valence-electron chi connectivity index (χ2n) is 3.96. The van der Waals surface area contributed by atoms with Gasteiger partial charge in [-0.15, -0.1) is 0 Å². The molecule has 4 heteroatoms. The third-order valence-electron chi connectivity index (χ3n) is 2.22. The minimum absolute atomic E-state index is 0. The van der Waals surface area contributed by atoms with Crippen LogP contribution in [0.3, 0.4) is 0 Å². The summed E-state index contributed by atoms with van der Waals surface area (Å²) in [6.45, 7) is 0.972. The molecule has 0 amide bonds. The fourth-order valence-corrected chi connectivity index (χ4v) is 2.39. The summed E-state index contributed by atoms with van der Waals surface area (Å²) in [4.78, 5) is 8.89. The van der Waals surface area contributed by atoms with Crippen molar-refractivity contribution in [3.8, 4) is 0 Å². The van der Waals surface area contributed by atoms with E-state index < -0.39 is 5.97 Å². The van der Waals surface area contributed by atoms with Gasteiger partial charge in [-0.25, -0.2) is 0 Å². The van der Waals surface area contributed by atoms with Crippen molar-refractivity contribution >= 4 is 17.7 Å². The number of carbonyl (C=O) groups excluding carboxylic acids is 1. The molecule has 100 valence electrons. The van der Waals surface area contributed by atoms with E-state index in [2.05, 4.69) is 60.7 Å². The predicted molar refractivity (Wildman–Crippen MR) is 78.6 cm³/mol. The average molecular weight is 296 g/mol. The van der Waals surface area contributed by atoms with Crippen molar-refractivity contribution in [3.63, 3.8) is 0 Å². The van der Waals surface area contributed by atoms with Gasteiger partial charge in [0.1, 0.15) is 0 Å². The Balaban J connectivity index is 0.000000644. The SMILES string of the molecule is CC(=O)[O-].[Na+].c1ccc(CSCc2ccccc2)cc1. The standard InChI is InChI=1S/C14H14S.C2H4O2.Na/c1-3-7-13(8-4-1)11-15-12-14-9-5-2-6-10-14;1-2(3)4;/h1-10H,11-12H2;1H3,(H,3,4);/q;;+1/p-1. The maximum absolute atomic E-state index is 8.89. The summed E-state index contributed by atoms with van der Waals surface area (Å²) in [5.41, 5.74) is 2.80. The predicted octanol–water partition coefficient (Wildman–Crippen LogP) is -0.120. The number of benzene rings is 2. The van der Waals surface area contributed by atoms with Crippen molar-refractivity contribution in [2.75, 3.05) is 0 Å². The first-order valence-corrected chi connectivity index (χ1v) is 7.17. The van der Waals surface area contributed by atoms with Gasteiger partial charge in [0, 0.05) is 17.5 Å². The molecule has 0 aliphatic heterocycles. The van der Waals surface area contributed by atoms with Gasteiger partial charge < -0.3 is 9.90 Å². The Morgan fingerprint density at radius 3 is 1.50 bits per heavy atom. The Labute approximate surface area is 146 Å².